The second-order valence-electron chi connectivity index (χ2n) is 4.91. The number of hydrogen-bond donors (Lipinski definition) is 1. The van der Waals surface area contributed by atoms with Crippen molar-refractivity contribution >= 4 is 11.6 Å². The van der Waals surface area contributed by atoms with Crippen LogP contribution in [0.1, 0.15) is 17.0 Å². The second-order valence-corrected chi connectivity index (χ2v) is 5.32. The summed E-state index contributed by atoms with van der Waals surface area (Å²) < 4.78 is 19.4. The number of likely N-dealkylation sites (N-methyl/N-ethyl adjacent to an activating group) is 1. The maximum absolute atomic E-state index is 14.3. The normalized spacial score (nSPS) is 12.2. The zero-order chi connectivity index (χ0) is 15.2. The van der Waals surface area contributed by atoms with E-state index < -0.39 is 0 Å². The number of rotatable bonds is 6. The summed E-state index contributed by atoms with van der Waals surface area (Å²) >= 11 is 6.27. The number of ether oxygens (including phenoxy) is 1. The minimum atomic E-state index is -0.298. The van der Waals surface area contributed by atoms with Crippen molar-refractivity contribution < 1.29 is 9.13 Å². The maximum atomic E-state index is 14.3. The first kappa shape index (κ1) is 15.8. The van der Waals surface area contributed by atoms with Crippen molar-refractivity contribution in [1.29, 1.82) is 0 Å². The summed E-state index contributed by atoms with van der Waals surface area (Å²) in [4.78, 5) is 0. The standard InChI is InChI=1S/C17H19ClFNO/c1-20-11-13(14-7-3-4-8-15(14)18)10-12-6-5-9-16(21-2)17(12)19/h3-9,13,20H,10-11H2,1-2H3. The minimum Gasteiger partial charge on any atom is -0.494 e. The molecule has 1 atom stereocenters. The molecule has 2 aromatic rings. The fraction of sp³-hybridized carbons (Fsp3) is 0.294. The molecule has 0 saturated carbocycles. The largest absolute Gasteiger partial charge is 0.494 e. The van der Waals surface area contributed by atoms with E-state index in [-0.39, 0.29) is 17.5 Å². The van der Waals surface area contributed by atoms with E-state index in [2.05, 4.69) is 5.32 Å². The molecular formula is C17H19ClFNO. The molecule has 0 aromatic heterocycles. The summed E-state index contributed by atoms with van der Waals surface area (Å²) in [7, 11) is 3.35. The molecule has 0 radical (unpaired) electrons. The Labute approximate surface area is 129 Å². The van der Waals surface area contributed by atoms with Gasteiger partial charge in [-0.1, -0.05) is 41.9 Å². The van der Waals surface area contributed by atoms with Gasteiger partial charge >= 0.3 is 0 Å². The summed E-state index contributed by atoms with van der Waals surface area (Å²) in [6, 6.07) is 12.9. The van der Waals surface area contributed by atoms with Crippen LogP contribution in [0.3, 0.4) is 0 Å². The zero-order valence-corrected chi connectivity index (χ0v) is 13.0. The lowest BCUT2D eigenvalue weighted by atomic mass is 9.91. The predicted octanol–water partition coefficient (Wildman–Crippen LogP) is 4.03. The van der Waals surface area contributed by atoms with Gasteiger partial charge in [-0.25, -0.2) is 4.39 Å². The quantitative estimate of drug-likeness (QED) is 0.870. The van der Waals surface area contributed by atoms with Gasteiger partial charge in [0, 0.05) is 17.5 Å². The van der Waals surface area contributed by atoms with Gasteiger partial charge in [0.25, 0.3) is 0 Å². The van der Waals surface area contributed by atoms with Gasteiger partial charge in [0.05, 0.1) is 7.11 Å². The third-order valence-corrected chi connectivity index (χ3v) is 3.87. The van der Waals surface area contributed by atoms with E-state index in [4.69, 9.17) is 16.3 Å². The smallest absolute Gasteiger partial charge is 0.168 e. The Hall–Kier alpha value is -1.58. The second kappa shape index (κ2) is 7.43. The molecule has 0 fully saturated rings. The van der Waals surface area contributed by atoms with Crippen molar-refractivity contribution in [3.05, 3.63) is 64.4 Å². The van der Waals surface area contributed by atoms with Crippen LogP contribution >= 0.6 is 11.6 Å². The van der Waals surface area contributed by atoms with Crippen LogP contribution < -0.4 is 10.1 Å². The fourth-order valence-corrected chi connectivity index (χ4v) is 2.77. The summed E-state index contributed by atoms with van der Waals surface area (Å²) in [6.45, 7) is 0.723. The lowest BCUT2D eigenvalue weighted by molar-refractivity contribution is 0.383. The molecule has 0 aliphatic heterocycles. The SMILES string of the molecule is CNCC(Cc1cccc(OC)c1F)c1ccccc1Cl. The van der Waals surface area contributed by atoms with E-state index in [1.54, 1.807) is 18.2 Å². The average Bonchev–Trinajstić information content (AvgIpc) is 2.49. The van der Waals surface area contributed by atoms with Gasteiger partial charge in [0.2, 0.25) is 0 Å². The molecule has 4 heteroatoms. The van der Waals surface area contributed by atoms with Crippen LogP contribution in [0.4, 0.5) is 4.39 Å². The van der Waals surface area contributed by atoms with E-state index >= 15 is 0 Å². The van der Waals surface area contributed by atoms with Gasteiger partial charge < -0.3 is 10.1 Å². The van der Waals surface area contributed by atoms with Gasteiger partial charge in [-0.2, -0.15) is 0 Å². The number of nitrogens with one attached hydrogen (secondary N) is 1. The maximum Gasteiger partial charge on any atom is 0.168 e. The van der Waals surface area contributed by atoms with Crippen molar-refractivity contribution in [2.75, 3.05) is 20.7 Å². The van der Waals surface area contributed by atoms with Crippen LogP contribution in [-0.4, -0.2) is 20.7 Å². The third kappa shape index (κ3) is 3.74. The van der Waals surface area contributed by atoms with E-state index in [1.807, 2.05) is 31.3 Å². The Balaban J connectivity index is 2.31. The molecular weight excluding hydrogens is 289 g/mol. The van der Waals surface area contributed by atoms with Crippen LogP contribution in [0.2, 0.25) is 5.02 Å². The number of halogens is 2. The van der Waals surface area contributed by atoms with Crippen molar-refractivity contribution in [2.24, 2.45) is 0 Å². The first-order chi connectivity index (χ1) is 10.2. The molecule has 0 bridgehead atoms. The molecule has 0 spiro atoms. The molecule has 2 rings (SSSR count). The summed E-state index contributed by atoms with van der Waals surface area (Å²) in [5.74, 6) is 0.0772. The molecule has 0 heterocycles. The lowest BCUT2D eigenvalue weighted by Crippen LogP contribution is -2.20. The molecule has 0 aliphatic rings. The van der Waals surface area contributed by atoms with E-state index in [0.717, 1.165) is 12.1 Å². The van der Waals surface area contributed by atoms with Gasteiger partial charge in [-0.3, -0.25) is 0 Å². The topological polar surface area (TPSA) is 21.3 Å². The van der Waals surface area contributed by atoms with Crippen LogP contribution in [0.15, 0.2) is 42.5 Å². The Morgan fingerprint density at radius 3 is 2.62 bits per heavy atom. The summed E-state index contributed by atoms with van der Waals surface area (Å²) in [5, 5.41) is 3.86. The zero-order valence-electron chi connectivity index (χ0n) is 12.2. The molecule has 21 heavy (non-hydrogen) atoms. The van der Waals surface area contributed by atoms with E-state index in [9.17, 15) is 4.39 Å². The highest BCUT2D eigenvalue weighted by Crippen LogP contribution is 2.29. The first-order valence-corrected chi connectivity index (χ1v) is 7.25. The molecule has 0 amide bonds. The molecule has 1 N–H and O–H groups in total. The van der Waals surface area contributed by atoms with Crippen molar-refractivity contribution in [3.8, 4) is 5.75 Å². The third-order valence-electron chi connectivity index (χ3n) is 3.53. The molecule has 112 valence electrons. The Kier molecular flexibility index (Phi) is 5.59. The number of methoxy groups -OCH3 is 1. The number of hydrogen-bond acceptors (Lipinski definition) is 2. The summed E-state index contributed by atoms with van der Waals surface area (Å²) in [5.41, 5.74) is 1.66. The van der Waals surface area contributed by atoms with Gasteiger partial charge in [0.1, 0.15) is 0 Å². The lowest BCUT2D eigenvalue weighted by Gasteiger charge is -2.19. The molecule has 0 saturated heterocycles. The molecule has 0 aliphatic carbocycles. The van der Waals surface area contributed by atoms with Gasteiger partial charge in [-0.15, -0.1) is 0 Å². The van der Waals surface area contributed by atoms with Crippen molar-refractivity contribution in [3.63, 3.8) is 0 Å². The fourth-order valence-electron chi connectivity index (χ4n) is 2.48. The first-order valence-electron chi connectivity index (χ1n) is 6.87. The summed E-state index contributed by atoms with van der Waals surface area (Å²) in [6.07, 6.45) is 0.563. The minimum absolute atomic E-state index is 0.102. The Morgan fingerprint density at radius 2 is 1.95 bits per heavy atom. The number of benzene rings is 2. The average molecular weight is 308 g/mol. The highest BCUT2D eigenvalue weighted by atomic mass is 35.5. The van der Waals surface area contributed by atoms with Crippen molar-refractivity contribution in [2.45, 2.75) is 12.3 Å². The highest BCUT2D eigenvalue weighted by molar-refractivity contribution is 6.31. The molecule has 2 aromatic carbocycles. The monoisotopic (exact) mass is 307 g/mol. The van der Waals surface area contributed by atoms with Crippen LogP contribution in [0.25, 0.3) is 0 Å². The van der Waals surface area contributed by atoms with E-state index in [1.165, 1.54) is 7.11 Å². The molecule has 2 nitrogen and oxygen atoms in total. The Morgan fingerprint density at radius 1 is 1.19 bits per heavy atom. The van der Waals surface area contributed by atoms with E-state index in [0.29, 0.717) is 17.0 Å². The predicted molar refractivity (Wildman–Crippen MR) is 84.8 cm³/mol. The van der Waals surface area contributed by atoms with Crippen molar-refractivity contribution in [1.82, 2.24) is 5.32 Å². The van der Waals surface area contributed by atoms with Crippen LogP contribution in [0.5, 0.6) is 5.75 Å². The Bertz CT molecular complexity index is 603. The van der Waals surface area contributed by atoms with Gasteiger partial charge in [-0.05, 0) is 36.7 Å². The highest BCUT2D eigenvalue weighted by Gasteiger charge is 2.18. The van der Waals surface area contributed by atoms with Crippen LogP contribution in [-0.2, 0) is 6.42 Å². The van der Waals surface area contributed by atoms with Crippen LogP contribution in [0, 0.1) is 5.82 Å². The van der Waals surface area contributed by atoms with Gasteiger partial charge in [0.15, 0.2) is 11.6 Å². The molecule has 1 unspecified atom stereocenters.